The minimum absolute atomic E-state index is 0.119. The summed E-state index contributed by atoms with van der Waals surface area (Å²) in [5, 5.41) is 7.11. The highest BCUT2D eigenvalue weighted by Crippen LogP contribution is 2.16. The first-order chi connectivity index (χ1) is 9.63. The smallest absolute Gasteiger partial charge is 0.251 e. The van der Waals surface area contributed by atoms with Crippen LogP contribution in [0.15, 0.2) is 36.7 Å². The van der Waals surface area contributed by atoms with E-state index in [-0.39, 0.29) is 11.9 Å². The monoisotopic (exact) mass is 275 g/mol. The van der Waals surface area contributed by atoms with E-state index in [0.717, 1.165) is 18.5 Å². The van der Waals surface area contributed by atoms with E-state index in [2.05, 4.69) is 10.4 Å². The number of benzene rings is 1. The molecule has 20 heavy (non-hydrogen) atoms. The van der Waals surface area contributed by atoms with Crippen LogP contribution < -0.4 is 5.32 Å². The molecule has 5 heteroatoms. The molecule has 1 aromatic carbocycles. The molecular weight excluding hydrogens is 257 g/mol. The fourth-order valence-electron chi connectivity index (χ4n) is 2.02. The van der Waals surface area contributed by atoms with Crippen LogP contribution in [0.3, 0.4) is 0 Å². The molecule has 0 radical (unpaired) electrons. The van der Waals surface area contributed by atoms with Gasteiger partial charge in [0, 0.05) is 23.9 Å². The molecular formula is C15H18FN3O. The topological polar surface area (TPSA) is 46.9 Å². The minimum atomic E-state index is -0.412. The Morgan fingerprint density at radius 3 is 2.85 bits per heavy atom. The van der Waals surface area contributed by atoms with Crippen molar-refractivity contribution >= 4 is 5.91 Å². The largest absolute Gasteiger partial charge is 0.345 e. The van der Waals surface area contributed by atoms with Gasteiger partial charge < -0.3 is 5.32 Å². The van der Waals surface area contributed by atoms with Crippen molar-refractivity contribution < 1.29 is 9.18 Å². The number of rotatable bonds is 5. The molecule has 2 aromatic rings. The van der Waals surface area contributed by atoms with Crippen molar-refractivity contribution in [3.8, 4) is 0 Å². The Morgan fingerprint density at radius 2 is 2.25 bits per heavy atom. The molecule has 1 unspecified atom stereocenters. The number of amides is 1. The lowest BCUT2D eigenvalue weighted by Gasteiger charge is -2.15. The Morgan fingerprint density at radius 1 is 1.45 bits per heavy atom. The predicted octanol–water partition coefficient (Wildman–Crippen LogP) is 2.92. The minimum Gasteiger partial charge on any atom is -0.345 e. The number of halogens is 1. The van der Waals surface area contributed by atoms with Gasteiger partial charge in [0.2, 0.25) is 0 Å². The zero-order chi connectivity index (χ0) is 14.5. The van der Waals surface area contributed by atoms with Gasteiger partial charge in [-0.1, -0.05) is 13.0 Å². The second-order valence-corrected chi connectivity index (χ2v) is 4.57. The number of carbonyl (C=O) groups is 1. The molecule has 0 fully saturated rings. The van der Waals surface area contributed by atoms with Crippen molar-refractivity contribution in [3.63, 3.8) is 0 Å². The summed E-state index contributed by atoms with van der Waals surface area (Å²) in [6, 6.07) is 5.56. The van der Waals surface area contributed by atoms with Crippen LogP contribution in [0.1, 0.15) is 42.2 Å². The van der Waals surface area contributed by atoms with Gasteiger partial charge >= 0.3 is 0 Å². The third-order valence-corrected chi connectivity index (χ3v) is 3.18. The SMILES string of the molecule is CCC(NC(=O)c1cccc(F)c1)c1cnn(CC)c1. The summed E-state index contributed by atoms with van der Waals surface area (Å²) < 4.78 is 14.9. The maximum atomic E-state index is 13.1. The number of carbonyl (C=O) groups excluding carboxylic acids is 1. The molecule has 1 N–H and O–H groups in total. The number of aromatic nitrogens is 2. The fourth-order valence-corrected chi connectivity index (χ4v) is 2.02. The summed E-state index contributed by atoms with van der Waals surface area (Å²) in [6.07, 6.45) is 4.42. The van der Waals surface area contributed by atoms with Gasteiger partial charge in [-0.15, -0.1) is 0 Å². The molecule has 0 aliphatic carbocycles. The van der Waals surface area contributed by atoms with Crippen LogP contribution in [0, 0.1) is 5.82 Å². The van der Waals surface area contributed by atoms with Crippen LogP contribution in [0.25, 0.3) is 0 Å². The molecule has 0 saturated heterocycles. The Bertz CT molecular complexity index is 594. The van der Waals surface area contributed by atoms with E-state index < -0.39 is 5.82 Å². The van der Waals surface area contributed by atoms with Crippen molar-refractivity contribution in [2.75, 3.05) is 0 Å². The van der Waals surface area contributed by atoms with Crippen LogP contribution in [-0.4, -0.2) is 15.7 Å². The second-order valence-electron chi connectivity index (χ2n) is 4.57. The third kappa shape index (κ3) is 3.23. The highest BCUT2D eigenvalue weighted by Gasteiger charge is 2.15. The number of aryl methyl sites for hydroxylation is 1. The van der Waals surface area contributed by atoms with Crippen LogP contribution >= 0.6 is 0 Å². The lowest BCUT2D eigenvalue weighted by Crippen LogP contribution is -2.28. The van der Waals surface area contributed by atoms with Crippen LogP contribution in [0.5, 0.6) is 0 Å². The average molecular weight is 275 g/mol. The van der Waals surface area contributed by atoms with Crippen molar-refractivity contribution in [1.29, 1.82) is 0 Å². The van der Waals surface area contributed by atoms with E-state index in [1.165, 1.54) is 18.2 Å². The molecule has 1 amide bonds. The van der Waals surface area contributed by atoms with E-state index in [0.29, 0.717) is 5.56 Å². The van der Waals surface area contributed by atoms with Crippen LogP contribution in [-0.2, 0) is 6.54 Å². The maximum Gasteiger partial charge on any atom is 0.251 e. The van der Waals surface area contributed by atoms with E-state index in [1.54, 1.807) is 12.3 Å². The van der Waals surface area contributed by atoms with Gasteiger partial charge in [0.25, 0.3) is 5.91 Å². The first kappa shape index (κ1) is 14.2. The summed E-state index contributed by atoms with van der Waals surface area (Å²) in [6.45, 7) is 4.77. The summed E-state index contributed by atoms with van der Waals surface area (Å²) in [4.78, 5) is 12.1. The third-order valence-electron chi connectivity index (χ3n) is 3.18. The zero-order valence-corrected chi connectivity index (χ0v) is 11.6. The van der Waals surface area contributed by atoms with Gasteiger partial charge in [0.05, 0.1) is 12.2 Å². The van der Waals surface area contributed by atoms with E-state index in [4.69, 9.17) is 0 Å². The van der Waals surface area contributed by atoms with Crippen molar-refractivity contribution in [3.05, 3.63) is 53.6 Å². The lowest BCUT2D eigenvalue weighted by molar-refractivity contribution is 0.0935. The van der Waals surface area contributed by atoms with Gasteiger partial charge in [-0.3, -0.25) is 9.48 Å². The number of hydrogen-bond donors (Lipinski definition) is 1. The Hall–Kier alpha value is -2.17. The number of nitrogens with one attached hydrogen (secondary N) is 1. The van der Waals surface area contributed by atoms with Gasteiger partial charge in [0.1, 0.15) is 5.82 Å². The number of hydrogen-bond acceptors (Lipinski definition) is 2. The standard InChI is InChI=1S/C15H18FN3O/c1-3-14(12-9-17-19(4-2)10-12)18-15(20)11-6-5-7-13(16)8-11/h5-10,14H,3-4H2,1-2H3,(H,18,20). The molecule has 0 bridgehead atoms. The van der Waals surface area contributed by atoms with E-state index >= 15 is 0 Å². The predicted molar refractivity (Wildman–Crippen MR) is 74.8 cm³/mol. The van der Waals surface area contributed by atoms with Gasteiger partial charge in [-0.25, -0.2) is 4.39 Å². The Balaban J connectivity index is 2.11. The Kier molecular flexibility index (Phi) is 4.50. The Labute approximate surface area is 117 Å². The van der Waals surface area contributed by atoms with E-state index in [9.17, 15) is 9.18 Å². The fraction of sp³-hybridized carbons (Fsp3) is 0.333. The summed E-state index contributed by atoms with van der Waals surface area (Å²) in [7, 11) is 0. The summed E-state index contributed by atoms with van der Waals surface area (Å²) in [5.41, 5.74) is 1.28. The molecule has 1 atom stereocenters. The molecule has 0 saturated carbocycles. The molecule has 1 aromatic heterocycles. The average Bonchev–Trinajstić information content (AvgIpc) is 2.93. The first-order valence-electron chi connectivity index (χ1n) is 6.72. The van der Waals surface area contributed by atoms with Crippen LogP contribution in [0.2, 0.25) is 0 Å². The zero-order valence-electron chi connectivity index (χ0n) is 11.6. The first-order valence-corrected chi connectivity index (χ1v) is 6.72. The maximum absolute atomic E-state index is 13.1. The normalized spacial score (nSPS) is 12.2. The van der Waals surface area contributed by atoms with Gasteiger partial charge in [0.15, 0.2) is 0 Å². The summed E-state index contributed by atoms with van der Waals surface area (Å²) in [5.74, 6) is -0.690. The highest BCUT2D eigenvalue weighted by atomic mass is 19.1. The lowest BCUT2D eigenvalue weighted by atomic mass is 10.1. The molecule has 0 aliphatic rings. The quantitative estimate of drug-likeness (QED) is 0.912. The summed E-state index contributed by atoms with van der Waals surface area (Å²) >= 11 is 0. The molecule has 4 nitrogen and oxygen atoms in total. The number of nitrogens with zero attached hydrogens (tertiary/aromatic N) is 2. The van der Waals surface area contributed by atoms with Crippen molar-refractivity contribution in [2.45, 2.75) is 32.9 Å². The highest BCUT2D eigenvalue weighted by molar-refractivity contribution is 5.94. The van der Waals surface area contributed by atoms with Gasteiger partial charge in [-0.2, -0.15) is 5.10 Å². The van der Waals surface area contributed by atoms with E-state index in [1.807, 2.05) is 24.7 Å². The molecule has 0 spiro atoms. The molecule has 0 aliphatic heterocycles. The van der Waals surface area contributed by atoms with Crippen molar-refractivity contribution in [2.24, 2.45) is 0 Å². The molecule has 2 rings (SSSR count). The second kappa shape index (κ2) is 6.32. The molecule has 1 heterocycles. The van der Waals surface area contributed by atoms with Crippen molar-refractivity contribution in [1.82, 2.24) is 15.1 Å². The molecule has 106 valence electrons. The van der Waals surface area contributed by atoms with Crippen LogP contribution in [0.4, 0.5) is 4.39 Å². The van der Waals surface area contributed by atoms with Gasteiger partial charge in [-0.05, 0) is 31.5 Å².